The first-order valence-electron chi connectivity index (χ1n) is 6.63. The molecule has 1 atom stereocenters. The Labute approximate surface area is 116 Å². The van der Waals surface area contributed by atoms with Gasteiger partial charge in [0.15, 0.2) is 11.6 Å². The molecule has 20 heavy (non-hydrogen) atoms. The van der Waals surface area contributed by atoms with Crippen LogP contribution in [-0.4, -0.2) is 6.61 Å². The minimum atomic E-state index is -0.815. The average Bonchev–Trinajstić information content (AvgIpc) is 2.48. The Hall–Kier alpha value is -1.94. The van der Waals surface area contributed by atoms with Crippen LogP contribution >= 0.6 is 0 Å². The minimum Gasteiger partial charge on any atom is -0.493 e. The predicted octanol–water partition coefficient (Wildman–Crippen LogP) is 3.58. The van der Waals surface area contributed by atoms with E-state index in [1.54, 1.807) is 6.07 Å². The third kappa shape index (κ3) is 2.65. The first kappa shape index (κ1) is 13.1. The number of benzene rings is 2. The Morgan fingerprint density at radius 2 is 1.95 bits per heavy atom. The molecular weight excluding hydrogens is 260 g/mol. The second-order valence-electron chi connectivity index (χ2n) is 4.86. The Morgan fingerprint density at radius 3 is 2.80 bits per heavy atom. The van der Waals surface area contributed by atoms with E-state index < -0.39 is 11.6 Å². The van der Waals surface area contributed by atoms with Crippen LogP contribution in [0.15, 0.2) is 42.5 Å². The summed E-state index contributed by atoms with van der Waals surface area (Å²) in [7, 11) is 0. The van der Waals surface area contributed by atoms with Crippen molar-refractivity contribution in [1.29, 1.82) is 0 Å². The van der Waals surface area contributed by atoms with Gasteiger partial charge in [-0.1, -0.05) is 24.3 Å². The molecule has 2 nitrogen and oxygen atoms in total. The summed E-state index contributed by atoms with van der Waals surface area (Å²) < 4.78 is 31.6. The summed E-state index contributed by atoms with van der Waals surface area (Å²) in [5.74, 6) is -0.733. The van der Waals surface area contributed by atoms with E-state index in [9.17, 15) is 8.78 Å². The summed E-state index contributed by atoms with van der Waals surface area (Å²) in [5, 5.41) is 3.37. The SMILES string of the molecule is Fc1ccc(CNC2CCOc3ccccc32)cc1F. The molecule has 0 spiro atoms. The van der Waals surface area contributed by atoms with Gasteiger partial charge in [-0.2, -0.15) is 0 Å². The fourth-order valence-electron chi connectivity index (χ4n) is 2.44. The molecule has 0 fully saturated rings. The summed E-state index contributed by atoms with van der Waals surface area (Å²) in [4.78, 5) is 0. The lowest BCUT2D eigenvalue weighted by molar-refractivity contribution is 0.252. The molecule has 1 aliphatic heterocycles. The highest BCUT2D eigenvalue weighted by Crippen LogP contribution is 2.31. The number of halogens is 2. The maximum absolute atomic E-state index is 13.2. The van der Waals surface area contributed by atoms with Crippen molar-refractivity contribution in [2.24, 2.45) is 0 Å². The zero-order valence-corrected chi connectivity index (χ0v) is 10.9. The van der Waals surface area contributed by atoms with Gasteiger partial charge in [-0.15, -0.1) is 0 Å². The topological polar surface area (TPSA) is 21.3 Å². The molecule has 104 valence electrons. The van der Waals surface area contributed by atoms with Gasteiger partial charge in [-0.05, 0) is 23.8 Å². The highest BCUT2D eigenvalue weighted by Gasteiger charge is 2.20. The third-order valence-electron chi connectivity index (χ3n) is 3.50. The highest BCUT2D eigenvalue weighted by molar-refractivity contribution is 5.37. The number of nitrogens with one attached hydrogen (secondary N) is 1. The summed E-state index contributed by atoms with van der Waals surface area (Å²) >= 11 is 0. The molecule has 2 aromatic rings. The molecule has 0 radical (unpaired) electrons. The van der Waals surface area contributed by atoms with Crippen LogP contribution in [0.25, 0.3) is 0 Å². The molecule has 0 aromatic heterocycles. The molecule has 2 aromatic carbocycles. The smallest absolute Gasteiger partial charge is 0.159 e. The van der Waals surface area contributed by atoms with Gasteiger partial charge in [0.25, 0.3) is 0 Å². The van der Waals surface area contributed by atoms with Crippen LogP contribution in [0.1, 0.15) is 23.6 Å². The van der Waals surface area contributed by atoms with Crippen LogP contribution in [-0.2, 0) is 6.54 Å². The number of hydrogen-bond acceptors (Lipinski definition) is 2. The largest absolute Gasteiger partial charge is 0.493 e. The number of para-hydroxylation sites is 1. The average molecular weight is 275 g/mol. The maximum atomic E-state index is 13.2. The molecule has 1 heterocycles. The molecule has 4 heteroatoms. The Balaban J connectivity index is 1.71. The quantitative estimate of drug-likeness (QED) is 0.924. The summed E-state index contributed by atoms with van der Waals surface area (Å²) in [6, 6.07) is 12.0. The van der Waals surface area contributed by atoms with Crippen molar-refractivity contribution >= 4 is 0 Å². The van der Waals surface area contributed by atoms with E-state index in [0.717, 1.165) is 29.4 Å². The fourth-order valence-corrected chi connectivity index (χ4v) is 2.44. The van der Waals surface area contributed by atoms with Gasteiger partial charge < -0.3 is 10.1 Å². The van der Waals surface area contributed by atoms with Crippen molar-refractivity contribution < 1.29 is 13.5 Å². The standard InChI is InChI=1S/C16H15F2NO/c17-13-6-5-11(9-14(13)18)10-19-15-7-8-20-16-4-2-1-3-12(15)16/h1-6,9,15,19H,7-8,10H2. The van der Waals surface area contributed by atoms with E-state index in [2.05, 4.69) is 5.32 Å². The Morgan fingerprint density at radius 1 is 1.10 bits per heavy atom. The van der Waals surface area contributed by atoms with Gasteiger partial charge in [0.2, 0.25) is 0 Å². The summed E-state index contributed by atoms with van der Waals surface area (Å²) in [6.07, 6.45) is 0.862. The zero-order valence-electron chi connectivity index (χ0n) is 10.9. The van der Waals surface area contributed by atoms with Gasteiger partial charge in [-0.25, -0.2) is 8.78 Å². The molecule has 0 aliphatic carbocycles. The Kier molecular flexibility index (Phi) is 3.65. The van der Waals surface area contributed by atoms with Gasteiger partial charge in [0.1, 0.15) is 5.75 Å². The van der Waals surface area contributed by atoms with Crippen LogP contribution in [0, 0.1) is 11.6 Å². The lowest BCUT2D eigenvalue weighted by Crippen LogP contribution is -2.26. The van der Waals surface area contributed by atoms with E-state index in [1.807, 2.05) is 24.3 Å². The predicted molar refractivity (Wildman–Crippen MR) is 72.5 cm³/mol. The molecule has 0 bridgehead atoms. The van der Waals surface area contributed by atoms with Crippen molar-refractivity contribution in [2.75, 3.05) is 6.61 Å². The highest BCUT2D eigenvalue weighted by atomic mass is 19.2. The number of hydrogen-bond donors (Lipinski definition) is 1. The van der Waals surface area contributed by atoms with E-state index in [4.69, 9.17) is 4.74 Å². The summed E-state index contributed by atoms with van der Waals surface area (Å²) in [6.45, 7) is 1.16. The monoisotopic (exact) mass is 275 g/mol. The van der Waals surface area contributed by atoms with E-state index in [0.29, 0.717) is 13.2 Å². The second-order valence-corrected chi connectivity index (χ2v) is 4.86. The van der Waals surface area contributed by atoms with Crippen LogP contribution in [0.3, 0.4) is 0 Å². The maximum Gasteiger partial charge on any atom is 0.159 e. The van der Waals surface area contributed by atoms with Gasteiger partial charge >= 0.3 is 0 Å². The van der Waals surface area contributed by atoms with Gasteiger partial charge in [-0.3, -0.25) is 0 Å². The van der Waals surface area contributed by atoms with Gasteiger partial charge in [0, 0.05) is 24.6 Å². The molecular formula is C16H15F2NO. The first-order chi connectivity index (χ1) is 9.74. The molecule has 0 saturated heterocycles. The van der Waals surface area contributed by atoms with E-state index in [1.165, 1.54) is 6.07 Å². The molecule has 3 rings (SSSR count). The Bertz CT molecular complexity index is 615. The van der Waals surface area contributed by atoms with Crippen molar-refractivity contribution in [1.82, 2.24) is 5.32 Å². The van der Waals surface area contributed by atoms with Crippen LogP contribution in [0.4, 0.5) is 8.78 Å². The van der Waals surface area contributed by atoms with Crippen LogP contribution in [0.5, 0.6) is 5.75 Å². The number of rotatable bonds is 3. The number of ether oxygens (including phenoxy) is 1. The fraction of sp³-hybridized carbons (Fsp3) is 0.250. The lowest BCUT2D eigenvalue weighted by atomic mass is 10.0. The molecule has 0 saturated carbocycles. The molecule has 1 aliphatic rings. The van der Waals surface area contributed by atoms with Crippen molar-refractivity contribution in [3.05, 3.63) is 65.2 Å². The first-order valence-corrected chi connectivity index (χ1v) is 6.63. The third-order valence-corrected chi connectivity index (χ3v) is 3.50. The molecule has 1 N–H and O–H groups in total. The van der Waals surface area contributed by atoms with Crippen LogP contribution in [0.2, 0.25) is 0 Å². The van der Waals surface area contributed by atoms with E-state index >= 15 is 0 Å². The van der Waals surface area contributed by atoms with Crippen molar-refractivity contribution in [2.45, 2.75) is 19.0 Å². The van der Waals surface area contributed by atoms with Crippen LogP contribution < -0.4 is 10.1 Å². The minimum absolute atomic E-state index is 0.174. The second kappa shape index (κ2) is 5.59. The lowest BCUT2D eigenvalue weighted by Gasteiger charge is -2.26. The van der Waals surface area contributed by atoms with E-state index in [-0.39, 0.29) is 6.04 Å². The van der Waals surface area contributed by atoms with Crippen molar-refractivity contribution in [3.8, 4) is 5.75 Å². The number of fused-ring (bicyclic) bond motifs is 1. The summed E-state index contributed by atoms with van der Waals surface area (Å²) in [5.41, 5.74) is 1.84. The van der Waals surface area contributed by atoms with Crippen molar-refractivity contribution in [3.63, 3.8) is 0 Å². The molecule has 1 unspecified atom stereocenters. The zero-order chi connectivity index (χ0) is 13.9. The molecule has 0 amide bonds. The van der Waals surface area contributed by atoms with Gasteiger partial charge in [0.05, 0.1) is 6.61 Å². The normalized spacial score (nSPS) is 17.4.